The Labute approximate surface area is 108 Å². The predicted octanol–water partition coefficient (Wildman–Crippen LogP) is 2.78. The number of halogens is 1. The summed E-state index contributed by atoms with van der Waals surface area (Å²) in [6.45, 7) is 0. The Morgan fingerprint density at radius 1 is 1.22 bits per heavy atom. The fraction of sp³-hybridized carbons (Fsp3) is 0. The number of nitrogens with zero attached hydrogens (tertiary/aromatic N) is 3. The Morgan fingerprint density at radius 3 is 2.72 bits per heavy atom. The maximum atomic E-state index is 11.0. The van der Waals surface area contributed by atoms with Crippen molar-refractivity contribution in [1.82, 2.24) is 14.6 Å². The molecular formula is C13H8ClN3O. The number of rotatable bonds is 2. The van der Waals surface area contributed by atoms with Gasteiger partial charge in [0, 0.05) is 23.5 Å². The molecule has 0 aliphatic heterocycles. The highest BCUT2D eigenvalue weighted by Crippen LogP contribution is 2.23. The number of hydrogen-bond donors (Lipinski definition) is 0. The van der Waals surface area contributed by atoms with Crippen LogP contribution in [0.2, 0.25) is 0 Å². The van der Waals surface area contributed by atoms with Crippen molar-refractivity contribution in [3.63, 3.8) is 0 Å². The Hall–Kier alpha value is -2.20. The molecule has 18 heavy (non-hydrogen) atoms. The van der Waals surface area contributed by atoms with Gasteiger partial charge in [-0.3, -0.25) is 4.79 Å². The lowest BCUT2D eigenvalue weighted by molar-refractivity contribution is 0.108. The van der Waals surface area contributed by atoms with Crippen LogP contribution in [0.4, 0.5) is 0 Å². The maximum Gasteiger partial charge on any atom is 0.252 e. The normalized spacial score (nSPS) is 10.7. The van der Waals surface area contributed by atoms with Gasteiger partial charge in [-0.25, -0.2) is 9.50 Å². The Bertz CT molecular complexity index is 718. The van der Waals surface area contributed by atoms with Crippen LogP contribution in [0.1, 0.15) is 10.4 Å². The average molecular weight is 258 g/mol. The van der Waals surface area contributed by atoms with Gasteiger partial charge in [-0.15, -0.1) is 0 Å². The van der Waals surface area contributed by atoms with E-state index in [1.807, 2.05) is 24.4 Å². The molecule has 0 bridgehead atoms. The average Bonchev–Trinajstić information content (AvgIpc) is 2.82. The molecule has 0 amide bonds. The van der Waals surface area contributed by atoms with Crippen LogP contribution in [0.5, 0.6) is 0 Å². The number of benzene rings is 1. The first-order valence-corrected chi connectivity index (χ1v) is 5.72. The van der Waals surface area contributed by atoms with Crippen molar-refractivity contribution in [1.29, 1.82) is 0 Å². The van der Waals surface area contributed by atoms with Crippen molar-refractivity contribution in [2.75, 3.05) is 0 Å². The van der Waals surface area contributed by atoms with E-state index in [-0.39, 0.29) is 0 Å². The van der Waals surface area contributed by atoms with Gasteiger partial charge in [-0.05, 0) is 35.4 Å². The zero-order valence-electron chi connectivity index (χ0n) is 9.25. The number of hydrogen-bond acceptors (Lipinski definition) is 3. The highest BCUT2D eigenvalue weighted by Gasteiger charge is 2.08. The molecule has 0 saturated heterocycles. The van der Waals surface area contributed by atoms with Crippen molar-refractivity contribution in [3.8, 4) is 11.1 Å². The first kappa shape index (κ1) is 10.9. The molecule has 3 rings (SSSR count). The third kappa shape index (κ3) is 1.76. The number of aromatic nitrogens is 3. The van der Waals surface area contributed by atoms with Gasteiger partial charge in [0.2, 0.25) is 0 Å². The molecular weight excluding hydrogens is 250 g/mol. The van der Waals surface area contributed by atoms with E-state index < -0.39 is 5.24 Å². The smallest absolute Gasteiger partial charge is 0.252 e. The summed E-state index contributed by atoms with van der Waals surface area (Å²) in [5, 5.41) is 3.75. The van der Waals surface area contributed by atoms with Crippen LogP contribution in [-0.2, 0) is 0 Å². The molecule has 2 heterocycles. The summed E-state index contributed by atoms with van der Waals surface area (Å²) in [7, 11) is 0. The van der Waals surface area contributed by atoms with Crippen LogP contribution in [0.15, 0.2) is 48.9 Å². The minimum absolute atomic E-state index is 0.459. The Morgan fingerprint density at radius 2 is 2.00 bits per heavy atom. The lowest BCUT2D eigenvalue weighted by Gasteiger charge is -1.99. The van der Waals surface area contributed by atoms with Crippen LogP contribution in [-0.4, -0.2) is 19.8 Å². The second kappa shape index (κ2) is 4.23. The Kier molecular flexibility index (Phi) is 2.57. The fourth-order valence-corrected chi connectivity index (χ4v) is 1.94. The molecule has 0 radical (unpaired) electrons. The molecule has 0 fully saturated rings. The zero-order chi connectivity index (χ0) is 12.5. The highest BCUT2D eigenvalue weighted by molar-refractivity contribution is 6.67. The second-order valence-electron chi connectivity index (χ2n) is 3.80. The molecule has 5 heteroatoms. The summed E-state index contributed by atoms with van der Waals surface area (Å²) in [6.07, 6.45) is 5.31. The number of fused-ring (bicyclic) bond motifs is 1. The van der Waals surface area contributed by atoms with Gasteiger partial charge < -0.3 is 0 Å². The van der Waals surface area contributed by atoms with E-state index >= 15 is 0 Å². The van der Waals surface area contributed by atoms with Gasteiger partial charge in [-0.1, -0.05) is 12.1 Å². The van der Waals surface area contributed by atoms with E-state index in [2.05, 4.69) is 10.1 Å². The largest absolute Gasteiger partial charge is 0.276 e. The van der Waals surface area contributed by atoms with E-state index in [9.17, 15) is 4.79 Å². The summed E-state index contributed by atoms with van der Waals surface area (Å²) < 4.78 is 1.70. The molecule has 0 aliphatic rings. The second-order valence-corrected chi connectivity index (χ2v) is 4.14. The third-order valence-corrected chi connectivity index (χ3v) is 2.92. The summed E-state index contributed by atoms with van der Waals surface area (Å²) >= 11 is 5.41. The maximum absolute atomic E-state index is 11.0. The first-order chi connectivity index (χ1) is 8.75. The molecule has 88 valence electrons. The quantitative estimate of drug-likeness (QED) is 0.663. The van der Waals surface area contributed by atoms with Gasteiger partial charge in [0.25, 0.3) is 5.24 Å². The van der Waals surface area contributed by atoms with E-state index in [1.165, 1.54) is 0 Å². The standard InChI is InChI=1S/C13H8ClN3O/c14-12(18)10-4-2-9(3-5-10)11-8-16-17-7-1-6-15-13(11)17/h1-8H. The van der Waals surface area contributed by atoms with Gasteiger partial charge in [0.1, 0.15) is 0 Å². The topological polar surface area (TPSA) is 47.3 Å². The van der Waals surface area contributed by atoms with Gasteiger partial charge in [0.05, 0.1) is 6.20 Å². The Balaban J connectivity index is 2.12. The van der Waals surface area contributed by atoms with Gasteiger partial charge >= 0.3 is 0 Å². The summed E-state index contributed by atoms with van der Waals surface area (Å²) in [6, 6.07) is 8.87. The van der Waals surface area contributed by atoms with Crippen molar-refractivity contribution in [3.05, 3.63) is 54.5 Å². The molecule has 4 nitrogen and oxygen atoms in total. The molecule has 3 aromatic rings. The fourth-order valence-electron chi connectivity index (χ4n) is 1.81. The minimum atomic E-state index is -0.459. The lowest BCUT2D eigenvalue weighted by atomic mass is 10.1. The van der Waals surface area contributed by atoms with Crippen LogP contribution in [0.25, 0.3) is 16.8 Å². The number of carbonyl (C=O) groups excluding carboxylic acids is 1. The van der Waals surface area contributed by atoms with Crippen molar-refractivity contribution in [2.24, 2.45) is 0 Å². The molecule has 0 unspecified atom stereocenters. The molecule has 0 spiro atoms. The van der Waals surface area contributed by atoms with Crippen LogP contribution in [0.3, 0.4) is 0 Å². The summed E-state index contributed by atoms with van der Waals surface area (Å²) in [5.74, 6) is 0. The van der Waals surface area contributed by atoms with Crippen LogP contribution < -0.4 is 0 Å². The molecule has 0 atom stereocenters. The van der Waals surface area contributed by atoms with E-state index in [0.717, 1.165) is 16.8 Å². The molecule has 2 aromatic heterocycles. The van der Waals surface area contributed by atoms with E-state index in [4.69, 9.17) is 11.6 Å². The van der Waals surface area contributed by atoms with Crippen LogP contribution in [0, 0.1) is 0 Å². The van der Waals surface area contributed by atoms with E-state index in [0.29, 0.717) is 5.56 Å². The van der Waals surface area contributed by atoms with Crippen LogP contribution >= 0.6 is 11.6 Å². The third-order valence-electron chi connectivity index (χ3n) is 2.70. The lowest BCUT2D eigenvalue weighted by Crippen LogP contribution is -1.89. The van der Waals surface area contributed by atoms with Crippen molar-refractivity contribution < 1.29 is 4.79 Å². The summed E-state index contributed by atoms with van der Waals surface area (Å²) in [4.78, 5) is 15.3. The zero-order valence-corrected chi connectivity index (χ0v) is 10.0. The molecule has 0 aliphatic carbocycles. The molecule has 1 aromatic carbocycles. The van der Waals surface area contributed by atoms with Crippen molar-refractivity contribution in [2.45, 2.75) is 0 Å². The minimum Gasteiger partial charge on any atom is -0.276 e. The summed E-state index contributed by atoms with van der Waals surface area (Å²) in [5.41, 5.74) is 3.13. The monoisotopic (exact) mass is 257 g/mol. The highest BCUT2D eigenvalue weighted by atomic mass is 35.5. The SMILES string of the molecule is O=C(Cl)c1ccc(-c2cnn3cccnc23)cc1. The van der Waals surface area contributed by atoms with Crippen molar-refractivity contribution >= 4 is 22.5 Å². The van der Waals surface area contributed by atoms with E-state index in [1.54, 1.807) is 29.0 Å². The van der Waals surface area contributed by atoms with Gasteiger partial charge in [-0.2, -0.15) is 5.10 Å². The number of carbonyl (C=O) groups is 1. The van der Waals surface area contributed by atoms with Gasteiger partial charge in [0.15, 0.2) is 5.65 Å². The predicted molar refractivity (Wildman–Crippen MR) is 68.6 cm³/mol. The molecule has 0 saturated carbocycles. The molecule has 0 N–H and O–H groups in total. The first-order valence-electron chi connectivity index (χ1n) is 5.34.